The van der Waals surface area contributed by atoms with Gasteiger partial charge in [0.1, 0.15) is 31.0 Å². The van der Waals surface area contributed by atoms with E-state index in [-0.39, 0.29) is 6.61 Å². The van der Waals surface area contributed by atoms with Crippen LogP contribution in [0.2, 0.25) is 0 Å². The minimum Gasteiger partial charge on any atom is -0.477 e. The lowest BCUT2D eigenvalue weighted by molar-refractivity contribution is -0.315. The van der Waals surface area contributed by atoms with Crippen LogP contribution in [-0.2, 0) is 25.7 Å². The molecule has 2 unspecified atom stereocenters. The summed E-state index contributed by atoms with van der Waals surface area (Å²) >= 11 is 0. The normalized spacial score (nSPS) is 28.4. The average Bonchev–Trinajstić information content (AvgIpc) is 2.86. The molecular weight excluding hydrogens is 462 g/mol. The Hall–Kier alpha value is -3.19. The summed E-state index contributed by atoms with van der Waals surface area (Å²) in [7, 11) is 0. The first-order valence-electron chi connectivity index (χ1n) is 10.8. The number of ether oxygens (including phenoxy) is 2. The second kappa shape index (κ2) is 11.5. The molecular formula is C24H27NO10. The van der Waals surface area contributed by atoms with E-state index in [1.165, 1.54) is 6.21 Å². The Balaban J connectivity index is 1.96. The van der Waals surface area contributed by atoms with Crippen molar-refractivity contribution in [2.45, 2.75) is 42.9 Å². The number of hydrogen-bond acceptors (Lipinski definition) is 10. The molecule has 1 heterocycles. The zero-order valence-corrected chi connectivity index (χ0v) is 18.5. The second-order valence-electron chi connectivity index (χ2n) is 8.07. The Bertz CT molecular complexity index is 1020. The smallest absolute Gasteiger partial charge is 0.365 e. The summed E-state index contributed by atoms with van der Waals surface area (Å²) in [6, 6.07) is 15.4. The summed E-state index contributed by atoms with van der Waals surface area (Å²) in [6.07, 6.45) is -6.33. The van der Waals surface area contributed by atoms with E-state index in [1.54, 1.807) is 60.7 Å². The van der Waals surface area contributed by atoms with E-state index in [0.29, 0.717) is 11.1 Å². The molecule has 7 atom stereocenters. The SMILES string of the molecule is O=C(OCc1ccccc1)C1[C@H](O)[C@@H](N=Cc2ccccc2)[C@H]([C@H](O)[C@H](O)CO)OC1(O)C(=O)O. The van der Waals surface area contributed by atoms with Crippen LogP contribution in [0.15, 0.2) is 65.7 Å². The molecule has 0 saturated carbocycles. The van der Waals surface area contributed by atoms with Gasteiger partial charge < -0.3 is 40.1 Å². The summed E-state index contributed by atoms with van der Waals surface area (Å²) in [5.74, 6) is -8.79. The maximum absolute atomic E-state index is 12.9. The lowest BCUT2D eigenvalue weighted by atomic mass is 9.80. The van der Waals surface area contributed by atoms with E-state index in [1.807, 2.05) is 0 Å². The van der Waals surface area contributed by atoms with Gasteiger partial charge in [-0.2, -0.15) is 0 Å². The van der Waals surface area contributed by atoms with Crippen LogP contribution in [0, 0.1) is 5.92 Å². The molecule has 0 spiro atoms. The van der Waals surface area contributed by atoms with Crippen LogP contribution in [0.5, 0.6) is 0 Å². The van der Waals surface area contributed by atoms with E-state index in [9.17, 15) is 40.2 Å². The van der Waals surface area contributed by atoms with Gasteiger partial charge in [-0.1, -0.05) is 60.7 Å². The first kappa shape index (κ1) is 26.4. The summed E-state index contributed by atoms with van der Waals surface area (Å²) < 4.78 is 10.4. The Morgan fingerprint density at radius 1 is 1.09 bits per heavy atom. The molecule has 35 heavy (non-hydrogen) atoms. The highest BCUT2D eigenvalue weighted by Crippen LogP contribution is 2.38. The third kappa shape index (κ3) is 5.90. The van der Waals surface area contributed by atoms with Gasteiger partial charge in [-0.25, -0.2) is 4.79 Å². The number of hydrogen-bond donors (Lipinski definition) is 6. The molecule has 0 amide bonds. The van der Waals surface area contributed by atoms with E-state index < -0.39 is 60.7 Å². The molecule has 1 aliphatic rings. The highest BCUT2D eigenvalue weighted by molar-refractivity contribution is 5.86. The van der Waals surface area contributed by atoms with Crippen LogP contribution in [-0.4, -0.2) is 91.6 Å². The topological polar surface area (TPSA) is 186 Å². The molecule has 1 saturated heterocycles. The van der Waals surface area contributed by atoms with Gasteiger partial charge in [-0.3, -0.25) is 9.79 Å². The molecule has 11 nitrogen and oxygen atoms in total. The van der Waals surface area contributed by atoms with Crippen LogP contribution < -0.4 is 0 Å². The fourth-order valence-corrected chi connectivity index (χ4v) is 3.76. The van der Waals surface area contributed by atoms with Crippen LogP contribution >= 0.6 is 0 Å². The summed E-state index contributed by atoms with van der Waals surface area (Å²) in [5, 5.41) is 61.2. The molecule has 0 radical (unpaired) electrons. The highest BCUT2D eigenvalue weighted by Gasteiger charge is 2.63. The molecule has 1 aliphatic heterocycles. The zero-order chi connectivity index (χ0) is 25.6. The van der Waals surface area contributed by atoms with Crippen LogP contribution in [0.1, 0.15) is 11.1 Å². The lowest BCUT2D eigenvalue weighted by Gasteiger charge is -2.46. The molecule has 0 bridgehead atoms. The maximum atomic E-state index is 12.9. The highest BCUT2D eigenvalue weighted by atomic mass is 16.7. The van der Waals surface area contributed by atoms with Crippen molar-refractivity contribution in [2.75, 3.05) is 6.61 Å². The van der Waals surface area contributed by atoms with E-state index in [0.717, 1.165) is 0 Å². The van der Waals surface area contributed by atoms with Crippen molar-refractivity contribution in [3.63, 3.8) is 0 Å². The van der Waals surface area contributed by atoms with Crippen molar-refractivity contribution in [1.29, 1.82) is 0 Å². The van der Waals surface area contributed by atoms with Crippen LogP contribution in [0.4, 0.5) is 0 Å². The standard InChI is InChI=1S/C24H27NO10/c26-12-16(27)19(28)21-18(25-11-14-7-3-1-4-8-14)20(29)17(24(33,35-21)23(31)32)22(30)34-13-15-9-5-2-6-10-15/h1-11,16-21,26-29,33H,12-13H2,(H,31,32)/t16-,17?,18-,19-,20+,21-,24?/m1/s1. The minimum absolute atomic E-state index is 0.272. The van der Waals surface area contributed by atoms with Crippen molar-refractivity contribution >= 4 is 18.2 Å². The minimum atomic E-state index is -3.33. The van der Waals surface area contributed by atoms with Crippen molar-refractivity contribution in [3.8, 4) is 0 Å². The molecule has 0 aliphatic carbocycles. The number of rotatable bonds is 9. The van der Waals surface area contributed by atoms with E-state index >= 15 is 0 Å². The van der Waals surface area contributed by atoms with Gasteiger partial charge in [0.05, 0.1) is 12.7 Å². The third-order valence-corrected chi connectivity index (χ3v) is 5.66. The number of carboxylic acid groups (broad SMARTS) is 1. The van der Waals surface area contributed by atoms with E-state index in [4.69, 9.17) is 9.47 Å². The Morgan fingerprint density at radius 3 is 2.26 bits per heavy atom. The molecule has 2 aromatic carbocycles. The molecule has 0 aromatic heterocycles. The number of esters is 1. The first-order valence-corrected chi connectivity index (χ1v) is 10.8. The Labute approximate surface area is 200 Å². The largest absolute Gasteiger partial charge is 0.477 e. The lowest BCUT2D eigenvalue weighted by Crippen LogP contribution is -2.69. The Morgan fingerprint density at radius 2 is 1.69 bits per heavy atom. The van der Waals surface area contributed by atoms with Gasteiger partial charge in [-0.05, 0) is 11.1 Å². The summed E-state index contributed by atoms with van der Waals surface area (Å²) in [4.78, 5) is 29.0. The van der Waals surface area contributed by atoms with Gasteiger partial charge in [0, 0.05) is 6.21 Å². The molecule has 6 N–H and O–H groups in total. The summed E-state index contributed by atoms with van der Waals surface area (Å²) in [5.41, 5.74) is 1.14. The van der Waals surface area contributed by atoms with Crippen molar-refractivity contribution in [3.05, 3.63) is 71.8 Å². The monoisotopic (exact) mass is 489 g/mol. The Kier molecular flexibility index (Phi) is 8.67. The van der Waals surface area contributed by atoms with Crippen LogP contribution in [0.25, 0.3) is 0 Å². The van der Waals surface area contributed by atoms with Gasteiger partial charge in [0.15, 0.2) is 5.92 Å². The van der Waals surface area contributed by atoms with Gasteiger partial charge >= 0.3 is 11.9 Å². The third-order valence-electron chi connectivity index (χ3n) is 5.66. The molecule has 11 heteroatoms. The number of aliphatic hydroxyl groups is 5. The molecule has 3 rings (SSSR count). The predicted molar refractivity (Wildman–Crippen MR) is 120 cm³/mol. The quantitative estimate of drug-likeness (QED) is 0.190. The van der Waals surface area contributed by atoms with Crippen LogP contribution in [0.3, 0.4) is 0 Å². The predicted octanol–water partition coefficient (Wildman–Crippen LogP) is -0.919. The number of carbonyl (C=O) groups excluding carboxylic acids is 1. The maximum Gasteiger partial charge on any atom is 0.365 e. The fourth-order valence-electron chi connectivity index (χ4n) is 3.76. The van der Waals surface area contributed by atoms with E-state index in [2.05, 4.69) is 4.99 Å². The number of benzene rings is 2. The van der Waals surface area contributed by atoms with Gasteiger partial charge in [-0.15, -0.1) is 0 Å². The second-order valence-corrected chi connectivity index (χ2v) is 8.07. The fraction of sp³-hybridized carbons (Fsp3) is 0.375. The zero-order valence-electron chi connectivity index (χ0n) is 18.5. The number of aliphatic imine (C=N–C) groups is 1. The van der Waals surface area contributed by atoms with Crippen molar-refractivity contribution in [1.82, 2.24) is 0 Å². The van der Waals surface area contributed by atoms with Crippen molar-refractivity contribution in [2.24, 2.45) is 10.9 Å². The van der Waals surface area contributed by atoms with Gasteiger partial charge in [0.25, 0.3) is 5.79 Å². The first-order chi connectivity index (χ1) is 16.7. The van der Waals surface area contributed by atoms with Crippen molar-refractivity contribution < 1.29 is 49.7 Å². The summed E-state index contributed by atoms with van der Waals surface area (Å²) in [6.45, 7) is -1.20. The number of nitrogens with zero attached hydrogens (tertiary/aromatic N) is 1. The molecule has 1 fully saturated rings. The number of carbonyl (C=O) groups is 2. The number of carboxylic acids is 1. The molecule has 2 aromatic rings. The number of aliphatic hydroxyl groups excluding tert-OH is 4. The number of aliphatic carboxylic acids is 1. The van der Waals surface area contributed by atoms with Gasteiger partial charge in [0.2, 0.25) is 0 Å². The average molecular weight is 489 g/mol. The molecule has 188 valence electrons.